The van der Waals surface area contributed by atoms with E-state index in [4.69, 9.17) is 5.73 Å². The number of hydrogen-bond donors (Lipinski definition) is 2. The third kappa shape index (κ3) is 3.05. The predicted molar refractivity (Wildman–Crippen MR) is 68.2 cm³/mol. The average molecular weight is 239 g/mol. The van der Waals surface area contributed by atoms with Gasteiger partial charge in [-0.3, -0.25) is 0 Å². The first-order valence-electron chi connectivity index (χ1n) is 6.01. The predicted octanol–water partition coefficient (Wildman–Crippen LogP) is 2.49. The Morgan fingerprint density at radius 1 is 1.35 bits per heavy atom. The first kappa shape index (κ1) is 14.1. The molecule has 2 atom stereocenters. The zero-order valence-electron chi connectivity index (χ0n) is 10.8. The van der Waals surface area contributed by atoms with Crippen LogP contribution in [0.5, 0.6) is 0 Å². The molecule has 1 aromatic rings. The quantitative estimate of drug-likeness (QED) is 0.829. The van der Waals surface area contributed by atoms with Crippen molar-refractivity contribution >= 4 is 0 Å². The highest BCUT2D eigenvalue weighted by atomic mass is 19.1. The molecular weight excluding hydrogens is 217 g/mol. The molecule has 2 nitrogen and oxygen atoms in total. The molecule has 17 heavy (non-hydrogen) atoms. The number of rotatable bonds is 5. The summed E-state index contributed by atoms with van der Waals surface area (Å²) in [4.78, 5) is 0. The van der Waals surface area contributed by atoms with Gasteiger partial charge in [0.05, 0.1) is 5.60 Å². The highest BCUT2D eigenvalue weighted by Gasteiger charge is 2.40. The second-order valence-corrected chi connectivity index (χ2v) is 5.20. The molecule has 0 aliphatic rings. The molecule has 0 saturated carbocycles. The molecule has 0 spiro atoms. The Hall–Kier alpha value is -0.930. The van der Waals surface area contributed by atoms with Gasteiger partial charge in [0.1, 0.15) is 5.82 Å². The van der Waals surface area contributed by atoms with E-state index in [1.807, 2.05) is 19.9 Å². The van der Waals surface area contributed by atoms with E-state index in [1.54, 1.807) is 13.0 Å². The summed E-state index contributed by atoms with van der Waals surface area (Å²) in [5.41, 5.74) is 5.25. The minimum absolute atomic E-state index is 0.274. The maximum Gasteiger partial charge on any atom is 0.123 e. The zero-order chi connectivity index (χ0) is 13.1. The molecular formula is C14H22FNO. The lowest BCUT2D eigenvalue weighted by atomic mass is 9.69. The lowest BCUT2D eigenvalue weighted by molar-refractivity contribution is -0.0579. The molecule has 0 amide bonds. The highest BCUT2D eigenvalue weighted by molar-refractivity contribution is 5.19. The van der Waals surface area contributed by atoms with Gasteiger partial charge in [0.15, 0.2) is 0 Å². The van der Waals surface area contributed by atoms with Crippen molar-refractivity contribution in [2.24, 2.45) is 11.1 Å². The summed E-state index contributed by atoms with van der Waals surface area (Å²) in [7, 11) is 0. The van der Waals surface area contributed by atoms with Crippen molar-refractivity contribution in [2.45, 2.75) is 39.2 Å². The Morgan fingerprint density at radius 3 is 2.47 bits per heavy atom. The van der Waals surface area contributed by atoms with E-state index in [2.05, 4.69) is 0 Å². The van der Waals surface area contributed by atoms with Crippen LogP contribution in [-0.4, -0.2) is 17.3 Å². The molecule has 2 unspecified atom stereocenters. The van der Waals surface area contributed by atoms with Gasteiger partial charge in [-0.15, -0.1) is 0 Å². The molecule has 0 saturated heterocycles. The number of benzene rings is 1. The first-order valence-corrected chi connectivity index (χ1v) is 6.01. The van der Waals surface area contributed by atoms with Crippen LogP contribution >= 0.6 is 0 Å². The van der Waals surface area contributed by atoms with Gasteiger partial charge in [-0.2, -0.15) is 0 Å². The van der Waals surface area contributed by atoms with Crippen molar-refractivity contribution in [1.29, 1.82) is 0 Å². The van der Waals surface area contributed by atoms with Crippen molar-refractivity contribution < 1.29 is 9.50 Å². The molecule has 0 aliphatic carbocycles. The Bertz CT molecular complexity index is 372. The van der Waals surface area contributed by atoms with Crippen LogP contribution in [0, 0.1) is 11.2 Å². The molecule has 0 bridgehead atoms. The normalized spacial score (nSPS) is 18.5. The van der Waals surface area contributed by atoms with E-state index in [1.165, 1.54) is 12.1 Å². The van der Waals surface area contributed by atoms with Crippen LogP contribution in [0.4, 0.5) is 4.39 Å². The van der Waals surface area contributed by atoms with Gasteiger partial charge in [-0.1, -0.05) is 26.0 Å². The van der Waals surface area contributed by atoms with Gasteiger partial charge in [-0.25, -0.2) is 4.39 Å². The van der Waals surface area contributed by atoms with E-state index in [-0.39, 0.29) is 11.2 Å². The van der Waals surface area contributed by atoms with Crippen molar-refractivity contribution in [3.8, 4) is 0 Å². The van der Waals surface area contributed by atoms with Gasteiger partial charge in [-0.05, 0) is 31.0 Å². The van der Waals surface area contributed by atoms with Crippen molar-refractivity contribution in [1.82, 2.24) is 0 Å². The summed E-state index contributed by atoms with van der Waals surface area (Å²) in [5.74, 6) is -0.274. The van der Waals surface area contributed by atoms with Gasteiger partial charge in [0.25, 0.3) is 0 Å². The van der Waals surface area contributed by atoms with Gasteiger partial charge >= 0.3 is 0 Å². The van der Waals surface area contributed by atoms with Gasteiger partial charge in [0.2, 0.25) is 0 Å². The Kier molecular flexibility index (Phi) is 4.28. The summed E-state index contributed by atoms with van der Waals surface area (Å²) < 4.78 is 13.1. The number of nitrogens with two attached hydrogens (primary N) is 1. The average Bonchev–Trinajstić information content (AvgIpc) is 2.27. The summed E-state index contributed by atoms with van der Waals surface area (Å²) in [6.07, 6.45) is 1.19. The van der Waals surface area contributed by atoms with Gasteiger partial charge < -0.3 is 10.8 Å². The lowest BCUT2D eigenvalue weighted by Gasteiger charge is -2.42. The van der Waals surface area contributed by atoms with E-state index in [0.717, 1.165) is 12.0 Å². The highest BCUT2D eigenvalue weighted by Crippen LogP contribution is 2.36. The zero-order valence-corrected chi connectivity index (χ0v) is 10.8. The topological polar surface area (TPSA) is 46.2 Å². The second-order valence-electron chi connectivity index (χ2n) is 5.20. The molecule has 3 heteroatoms. The fourth-order valence-corrected chi connectivity index (χ4v) is 2.00. The van der Waals surface area contributed by atoms with E-state index in [0.29, 0.717) is 13.0 Å². The summed E-state index contributed by atoms with van der Waals surface area (Å²) in [6.45, 7) is 6.15. The summed E-state index contributed by atoms with van der Waals surface area (Å²) in [5, 5.41) is 10.6. The van der Waals surface area contributed by atoms with Crippen LogP contribution in [-0.2, 0) is 6.42 Å². The maximum atomic E-state index is 13.1. The third-order valence-electron chi connectivity index (χ3n) is 3.97. The van der Waals surface area contributed by atoms with Crippen LogP contribution in [0.15, 0.2) is 24.3 Å². The molecule has 0 fully saturated rings. The molecule has 0 aromatic heterocycles. The smallest absolute Gasteiger partial charge is 0.123 e. The Labute approximate surface area is 103 Å². The first-order chi connectivity index (χ1) is 7.84. The minimum Gasteiger partial charge on any atom is -0.389 e. The van der Waals surface area contributed by atoms with Crippen molar-refractivity contribution in [2.75, 3.05) is 6.54 Å². The number of halogens is 1. The minimum atomic E-state index is -0.940. The molecule has 0 radical (unpaired) electrons. The van der Waals surface area contributed by atoms with Crippen LogP contribution < -0.4 is 5.73 Å². The Morgan fingerprint density at radius 2 is 2.00 bits per heavy atom. The molecule has 1 aromatic carbocycles. The van der Waals surface area contributed by atoms with Crippen molar-refractivity contribution in [3.63, 3.8) is 0 Å². The van der Waals surface area contributed by atoms with E-state index in [9.17, 15) is 9.50 Å². The Balaban J connectivity index is 2.92. The number of aliphatic hydroxyl groups is 1. The molecule has 1 rings (SSSR count). The number of hydrogen-bond acceptors (Lipinski definition) is 2. The van der Waals surface area contributed by atoms with Crippen LogP contribution in [0.1, 0.15) is 32.8 Å². The fraction of sp³-hybridized carbons (Fsp3) is 0.571. The lowest BCUT2D eigenvalue weighted by Crippen LogP contribution is -2.49. The van der Waals surface area contributed by atoms with E-state index < -0.39 is 5.60 Å². The molecule has 0 aliphatic heterocycles. The van der Waals surface area contributed by atoms with E-state index >= 15 is 0 Å². The fourth-order valence-electron chi connectivity index (χ4n) is 2.00. The standard InChI is InChI=1S/C14H22FNO/c1-4-13(2,10-16)14(3,17)9-11-6-5-7-12(15)8-11/h5-8,17H,4,9-10,16H2,1-3H3. The van der Waals surface area contributed by atoms with Gasteiger partial charge in [0, 0.05) is 18.4 Å². The summed E-state index contributed by atoms with van der Waals surface area (Å²) in [6, 6.07) is 6.35. The summed E-state index contributed by atoms with van der Waals surface area (Å²) >= 11 is 0. The maximum absolute atomic E-state index is 13.1. The molecule has 3 N–H and O–H groups in total. The molecule has 96 valence electrons. The van der Waals surface area contributed by atoms with Crippen LogP contribution in [0.3, 0.4) is 0 Å². The third-order valence-corrected chi connectivity index (χ3v) is 3.97. The van der Waals surface area contributed by atoms with Crippen LogP contribution in [0.25, 0.3) is 0 Å². The SMILES string of the molecule is CCC(C)(CN)C(C)(O)Cc1cccc(F)c1. The second kappa shape index (κ2) is 5.15. The van der Waals surface area contributed by atoms with Crippen LogP contribution in [0.2, 0.25) is 0 Å². The van der Waals surface area contributed by atoms with Crippen molar-refractivity contribution in [3.05, 3.63) is 35.6 Å². The largest absolute Gasteiger partial charge is 0.389 e. The monoisotopic (exact) mass is 239 g/mol. The molecule has 0 heterocycles.